The van der Waals surface area contributed by atoms with Crippen LogP contribution in [0.3, 0.4) is 0 Å². The number of aliphatic hydroxyl groups excluding tert-OH is 2. The summed E-state index contributed by atoms with van der Waals surface area (Å²) in [4.78, 5) is 24.5. The molecular weight excluding hydrogens is 803 g/mol. The molecule has 65 heavy (non-hydrogen) atoms. The van der Waals surface area contributed by atoms with Gasteiger partial charge in [-0.1, -0.05) is 275 Å². The highest BCUT2D eigenvalue weighted by atomic mass is 16.5. The number of hydrogen-bond donors (Lipinski definition) is 3. The first-order valence-corrected chi connectivity index (χ1v) is 28.8. The maximum absolute atomic E-state index is 12.4. The van der Waals surface area contributed by atoms with Crippen LogP contribution in [0.1, 0.15) is 303 Å². The summed E-state index contributed by atoms with van der Waals surface area (Å²) in [5.41, 5.74) is 0. The Balaban J connectivity index is 3.57. The van der Waals surface area contributed by atoms with Crippen molar-refractivity contribution in [2.24, 2.45) is 0 Å². The fourth-order valence-corrected chi connectivity index (χ4v) is 8.74. The molecule has 0 rings (SSSR count). The number of unbranched alkanes of at least 4 members (excludes halogenated alkanes) is 38. The maximum atomic E-state index is 12.4. The van der Waals surface area contributed by atoms with Crippen LogP contribution in [0.2, 0.25) is 0 Å². The Hall–Kier alpha value is -1.92. The van der Waals surface area contributed by atoms with Gasteiger partial charge in [0, 0.05) is 12.8 Å². The molecule has 6 nitrogen and oxygen atoms in total. The Bertz CT molecular complexity index is 1060. The topological polar surface area (TPSA) is 95.9 Å². The fraction of sp³-hybridized carbons (Fsp3) is 0.864. The van der Waals surface area contributed by atoms with Gasteiger partial charge < -0.3 is 20.3 Å². The van der Waals surface area contributed by atoms with Crippen molar-refractivity contribution in [2.45, 2.75) is 315 Å². The van der Waals surface area contributed by atoms with Crippen molar-refractivity contribution in [3.63, 3.8) is 0 Å². The molecule has 2 atom stereocenters. The summed E-state index contributed by atoms with van der Waals surface area (Å²) in [6.07, 6.45) is 67.5. The number of rotatable bonds is 53. The molecule has 3 N–H and O–H groups in total. The third-order valence-electron chi connectivity index (χ3n) is 13.2. The molecule has 382 valence electrons. The van der Waals surface area contributed by atoms with Gasteiger partial charge in [0.05, 0.1) is 25.4 Å². The second-order valence-electron chi connectivity index (χ2n) is 19.6. The van der Waals surface area contributed by atoms with Gasteiger partial charge in [-0.3, -0.25) is 9.59 Å². The molecule has 2 unspecified atom stereocenters. The standard InChI is InChI=1S/C59H111NO5/c1-3-5-7-9-11-13-15-17-18-19-20-21-22-23-24-25-28-31-35-39-43-47-51-57(62)56(55-61)60-58(63)52-48-44-40-36-32-29-26-30-34-38-42-46-50-54-65-59(64)53-49-45-41-37-33-27-16-14-12-10-8-6-4-2/h29,32,40,44,47,51,56-57,61-62H,3-28,30-31,33-39,41-43,45-46,48-50,52-55H2,1-2H3,(H,60,63)/b32-29-,44-40-,51-47+. The van der Waals surface area contributed by atoms with Gasteiger partial charge in [0.1, 0.15) is 0 Å². The summed E-state index contributed by atoms with van der Waals surface area (Å²) in [6.45, 7) is 4.85. The molecule has 0 bridgehead atoms. The van der Waals surface area contributed by atoms with E-state index < -0.39 is 12.1 Å². The normalized spacial score (nSPS) is 12.9. The first kappa shape index (κ1) is 63.1. The zero-order chi connectivity index (χ0) is 47.2. The molecule has 0 radical (unpaired) electrons. The highest BCUT2D eigenvalue weighted by Crippen LogP contribution is 2.17. The molecule has 0 aromatic rings. The smallest absolute Gasteiger partial charge is 0.305 e. The van der Waals surface area contributed by atoms with Crippen LogP contribution in [-0.2, 0) is 14.3 Å². The molecular formula is C59H111NO5. The third kappa shape index (κ3) is 51.3. The summed E-state index contributed by atoms with van der Waals surface area (Å²) in [5, 5.41) is 23.1. The van der Waals surface area contributed by atoms with Crippen LogP contribution in [0.25, 0.3) is 0 Å². The number of amides is 1. The van der Waals surface area contributed by atoms with Crippen molar-refractivity contribution in [1.29, 1.82) is 0 Å². The number of nitrogens with one attached hydrogen (secondary N) is 1. The molecule has 0 saturated heterocycles. The fourth-order valence-electron chi connectivity index (χ4n) is 8.74. The van der Waals surface area contributed by atoms with Crippen LogP contribution < -0.4 is 5.32 Å². The van der Waals surface area contributed by atoms with Crippen molar-refractivity contribution >= 4 is 11.9 Å². The summed E-state index contributed by atoms with van der Waals surface area (Å²) in [6, 6.07) is -0.672. The Morgan fingerprint density at radius 2 is 0.785 bits per heavy atom. The van der Waals surface area contributed by atoms with Gasteiger partial charge in [0.15, 0.2) is 0 Å². The Morgan fingerprint density at radius 1 is 0.431 bits per heavy atom. The second-order valence-corrected chi connectivity index (χ2v) is 19.6. The molecule has 0 aliphatic rings. The molecule has 0 aromatic heterocycles. The highest BCUT2D eigenvalue weighted by molar-refractivity contribution is 5.76. The number of hydrogen-bond acceptors (Lipinski definition) is 5. The van der Waals surface area contributed by atoms with Crippen LogP contribution in [0.4, 0.5) is 0 Å². The van der Waals surface area contributed by atoms with Gasteiger partial charge in [-0.15, -0.1) is 0 Å². The Morgan fingerprint density at radius 3 is 1.20 bits per heavy atom. The molecule has 0 heterocycles. The van der Waals surface area contributed by atoms with E-state index in [1.807, 2.05) is 12.2 Å². The lowest BCUT2D eigenvalue weighted by atomic mass is 10.0. The van der Waals surface area contributed by atoms with E-state index in [1.165, 1.54) is 218 Å². The largest absolute Gasteiger partial charge is 0.466 e. The van der Waals surface area contributed by atoms with Crippen molar-refractivity contribution in [3.8, 4) is 0 Å². The van der Waals surface area contributed by atoms with E-state index in [9.17, 15) is 19.8 Å². The van der Waals surface area contributed by atoms with Crippen LogP contribution >= 0.6 is 0 Å². The van der Waals surface area contributed by atoms with Gasteiger partial charge in [0.25, 0.3) is 0 Å². The van der Waals surface area contributed by atoms with E-state index in [1.54, 1.807) is 6.08 Å². The van der Waals surface area contributed by atoms with E-state index in [2.05, 4.69) is 37.4 Å². The predicted molar refractivity (Wildman–Crippen MR) is 283 cm³/mol. The van der Waals surface area contributed by atoms with Crippen LogP contribution in [0.5, 0.6) is 0 Å². The van der Waals surface area contributed by atoms with Crippen LogP contribution in [0, 0.1) is 0 Å². The zero-order valence-electron chi connectivity index (χ0n) is 43.5. The minimum absolute atomic E-state index is 0.0168. The maximum Gasteiger partial charge on any atom is 0.305 e. The Labute approximate surface area is 404 Å². The molecule has 0 aliphatic carbocycles. The lowest BCUT2D eigenvalue weighted by molar-refractivity contribution is -0.143. The van der Waals surface area contributed by atoms with E-state index in [-0.39, 0.29) is 18.5 Å². The van der Waals surface area contributed by atoms with Crippen molar-refractivity contribution in [1.82, 2.24) is 5.32 Å². The van der Waals surface area contributed by atoms with Crippen molar-refractivity contribution in [2.75, 3.05) is 13.2 Å². The molecule has 0 spiro atoms. The van der Waals surface area contributed by atoms with E-state index >= 15 is 0 Å². The SMILES string of the molecule is CCCCCCCCCCCCCCCCCCCCCC/C=C/C(O)C(CO)NC(=O)CC/C=C\C/C=C\CCCCCCCCOC(=O)CCCCCCCCCCCCCCC. The highest BCUT2D eigenvalue weighted by Gasteiger charge is 2.17. The van der Waals surface area contributed by atoms with Gasteiger partial charge in [-0.25, -0.2) is 0 Å². The second kappa shape index (κ2) is 54.7. The summed E-state index contributed by atoms with van der Waals surface area (Å²) < 4.78 is 5.45. The number of esters is 1. The van der Waals surface area contributed by atoms with Crippen LogP contribution in [-0.4, -0.2) is 47.4 Å². The van der Waals surface area contributed by atoms with Crippen LogP contribution in [0.15, 0.2) is 36.5 Å². The minimum atomic E-state index is -0.880. The van der Waals surface area contributed by atoms with Gasteiger partial charge in [-0.05, 0) is 51.4 Å². The number of aliphatic hydroxyl groups is 2. The summed E-state index contributed by atoms with van der Waals surface area (Å²) in [7, 11) is 0. The molecule has 0 aromatic carbocycles. The minimum Gasteiger partial charge on any atom is -0.466 e. The average Bonchev–Trinajstić information content (AvgIpc) is 3.31. The summed E-state index contributed by atoms with van der Waals surface area (Å²) >= 11 is 0. The Kier molecular flexibility index (Phi) is 53.1. The zero-order valence-corrected chi connectivity index (χ0v) is 43.5. The van der Waals surface area contributed by atoms with E-state index in [4.69, 9.17) is 4.74 Å². The van der Waals surface area contributed by atoms with E-state index in [0.717, 1.165) is 51.4 Å². The average molecular weight is 915 g/mol. The molecule has 6 heteroatoms. The number of carbonyl (C=O) groups excluding carboxylic acids is 2. The van der Waals surface area contributed by atoms with Crippen molar-refractivity contribution < 1.29 is 24.5 Å². The third-order valence-corrected chi connectivity index (χ3v) is 13.2. The molecule has 1 amide bonds. The first-order valence-electron chi connectivity index (χ1n) is 28.8. The van der Waals surface area contributed by atoms with Gasteiger partial charge in [-0.2, -0.15) is 0 Å². The molecule has 0 saturated carbocycles. The van der Waals surface area contributed by atoms with Gasteiger partial charge >= 0.3 is 5.97 Å². The predicted octanol–water partition coefficient (Wildman–Crippen LogP) is 17.6. The quantitative estimate of drug-likeness (QED) is 0.0321. The summed E-state index contributed by atoms with van der Waals surface area (Å²) in [5.74, 6) is -0.163. The monoisotopic (exact) mass is 914 g/mol. The molecule has 0 fully saturated rings. The lowest BCUT2D eigenvalue weighted by Gasteiger charge is -2.19. The number of allylic oxidation sites excluding steroid dienone is 5. The lowest BCUT2D eigenvalue weighted by Crippen LogP contribution is -2.45. The van der Waals surface area contributed by atoms with E-state index in [0.29, 0.717) is 25.9 Å². The first-order chi connectivity index (χ1) is 32.0. The van der Waals surface area contributed by atoms with Gasteiger partial charge in [0.2, 0.25) is 5.91 Å². The number of carbonyl (C=O) groups is 2. The molecule has 0 aliphatic heterocycles. The van der Waals surface area contributed by atoms with Crippen molar-refractivity contribution in [3.05, 3.63) is 36.5 Å². The number of ether oxygens (including phenoxy) is 1.